The smallest absolute Gasteiger partial charge is 0.00415 e. The highest BCUT2D eigenvalue weighted by atomic mass is 14.6. The molecule has 1 nitrogen and oxygen atoms in total. The minimum absolute atomic E-state index is 0.404. The van der Waals surface area contributed by atoms with Crippen LogP contribution >= 0.6 is 0 Å². The van der Waals surface area contributed by atoms with Crippen molar-refractivity contribution in [1.82, 2.24) is 0 Å². The van der Waals surface area contributed by atoms with E-state index in [1.807, 2.05) is 0 Å². The van der Waals surface area contributed by atoms with Gasteiger partial charge >= 0.3 is 0 Å². The Kier molecular flexibility index (Phi) is 7.25. The van der Waals surface area contributed by atoms with Crippen LogP contribution in [0.15, 0.2) is 0 Å². The Morgan fingerprint density at radius 2 is 1.67 bits per heavy atom. The molecule has 0 fully saturated rings. The molecule has 0 aromatic carbocycles. The molecule has 0 bridgehead atoms. The number of unbranched alkanes of at least 4 members (excludes halogenated alkanes) is 3. The molecule has 0 aliphatic carbocycles. The lowest BCUT2D eigenvalue weighted by Gasteiger charge is -2.29. The van der Waals surface area contributed by atoms with Gasteiger partial charge in [-0.3, -0.25) is 0 Å². The molecule has 0 aliphatic rings. The Balaban J connectivity index is 3.60. The Hall–Kier alpha value is -0.0400. The Morgan fingerprint density at radius 1 is 1.07 bits per heavy atom. The highest BCUT2D eigenvalue weighted by molar-refractivity contribution is 4.75. The molecule has 0 radical (unpaired) electrons. The van der Waals surface area contributed by atoms with E-state index in [1.54, 1.807) is 0 Å². The quantitative estimate of drug-likeness (QED) is 0.625. The molecule has 2 atom stereocenters. The van der Waals surface area contributed by atoms with Crippen LogP contribution in [0.3, 0.4) is 0 Å². The van der Waals surface area contributed by atoms with Gasteiger partial charge in [-0.05, 0) is 24.2 Å². The van der Waals surface area contributed by atoms with Crippen molar-refractivity contribution >= 4 is 0 Å². The van der Waals surface area contributed by atoms with Crippen LogP contribution in [0.25, 0.3) is 0 Å². The third kappa shape index (κ3) is 7.84. The summed E-state index contributed by atoms with van der Waals surface area (Å²) in [6.07, 6.45) is 7.73. The molecule has 0 saturated carbocycles. The maximum absolute atomic E-state index is 6.15. The van der Waals surface area contributed by atoms with E-state index in [4.69, 9.17) is 5.73 Å². The SMILES string of the molecule is CCCCCCC(N)CC(C)C(C)(C)C. The average molecular weight is 213 g/mol. The highest BCUT2D eigenvalue weighted by Crippen LogP contribution is 2.29. The molecule has 0 spiro atoms. The first-order valence-electron chi connectivity index (χ1n) is 6.63. The van der Waals surface area contributed by atoms with Crippen LogP contribution < -0.4 is 5.73 Å². The molecular weight excluding hydrogens is 182 g/mol. The fourth-order valence-electron chi connectivity index (χ4n) is 1.76. The van der Waals surface area contributed by atoms with Crippen molar-refractivity contribution in [3.8, 4) is 0 Å². The van der Waals surface area contributed by atoms with Gasteiger partial charge in [-0.1, -0.05) is 60.3 Å². The second-order valence-electron chi connectivity index (χ2n) is 6.11. The standard InChI is InChI=1S/C14H31N/c1-6-7-8-9-10-13(15)11-12(2)14(3,4)5/h12-13H,6-11,15H2,1-5H3. The number of rotatable bonds is 7. The zero-order valence-corrected chi connectivity index (χ0v) is 11.5. The second-order valence-corrected chi connectivity index (χ2v) is 6.11. The summed E-state index contributed by atoms with van der Waals surface area (Å²) in [6, 6.07) is 0.413. The highest BCUT2D eigenvalue weighted by Gasteiger charge is 2.21. The molecule has 0 aromatic rings. The molecule has 0 aromatic heterocycles. The van der Waals surface area contributed by atoms with Crippen LogP contribution in [0.4, 0.5) is 0 Å². The zero-order valence-electron chi connectivity index (χ0n) is 11.5. The second kappa shape index (κ2) is 7.27. The van der Waals surface area contributed by atoms with Gasteiger partial charge in [0.15, 0.2) is 0 Å². The van der Waals surface area contributed by atoms with E-state index in [1.165, 1.54) is 38.5 Å². The lowest BCUT2D eigenvalue weighted by Crippen LogP contribution is -2.28. The van der Waals surface area contributed by atoms with Crippen LogP contribution in [0, 0.1) is 11.3 Å². The summed E-state index contributed by atoms with van der Waals surface area (Å²) in [7, 11) is 0. The average Bonchev–Trinajstić information content (AvgIpc) is 2.11. The maximum Gasteiger partial charge on any atom is 0.00415 e. The molecule has 0 aliphatic heterocycles. The maximum atomic E-state index is 6.15. The summed E-state index contributed by atoms with van der Waals surface area (Å²) in [5, 5.41) is 0. The van der Waals surface area contributed by atoms with Crippen molar-refractivity contribution in [2.24, 2.45) is 17.1 Å². The largest absolute Gasteiger partial charge is 0.328 e. The third-order valence-corrected chi connectivity index (χ3v) is 3.56. The Morgan fingerprint density at radius 3 is 2.13 bits per heavy atom. The molecule has 92 valence electrons. The van der Waals surface area contributed by atoms with E-state index in [9.17, 15) is 0 Å². The van der Waals surface area contributed by atoms with Crippen LogP contribution in [-0.2, 0) is 0 Å². The van der Waals surface area contributed by atoms with Gasteiger partial charge in [0.2, 0.25) is 0 Å². The van der Waals surface area contributed by atoms with E-state index < -0.39 is 0 Å². The molecular formula is C14H31N. The molecule has 0 rings (SSSR count). The number of hydrogen-bond donors (Lipinski definition) is 1. The molecule has 2 N–H and O–H groups in total. The molecule has 0 heterocycles. The van der Waals surface area contributed by atoms with Crippen molar-refractivity contribution in [2.45, 2.75) is 79.2 Å². The molecule has 0 amide bonds. The predicted molar refractivity (Wildman–Crippen MR) is 70.0 cm³/mol. The minimum Gasteiger partial charge on any atom is -0.328 e. The predicted octanol–water partition coefficient (Wildman–Crippen LogP) is 4.36. The van der Waals surface area contributed by atoms with Crippen molar-refractivity contribution in [2.75, 3.05) is 0 Å². The summed E-state index contributed by atoms with van der Waals surface area (Å²) in [6.45, 7) is 11.5. The summed E-state index contributed by atoms with van der Waals surface area (Å²) >= 11 is 0. The first kappa shape index (κ1) is 15.0. The van der Waals surface area contributed by atoms with Gasteiger partial charge in [-0.25, -0.2) is 0 Å². The van der Waals surface area contributed by atoms with Crippen LogP contribution in [0.1, 0.15) is 73.1 Å². The monoisotopic (exact) mass is 213 g/mol. The van der Waals surface area contributed by atoms with E-state index in [0.717, 1.165) is 5.92 Å². The summed E-state index contributed by atoms with van der Waals surface area (Å²) in [5.74, 6) is 0.721. The molecule has 15 heavy (non-hydrogen) atoms. The fourth-order valence-corrected chi connectivity index (χ4v) is 1.76. The van der Waals surface area contributed by atoms with E-state index in [-0.39, 0.29) is 0 Å². The van der Waals surface area contributed by atoms with Crippen molar-refractivity contribution in [3.63, 3.8) is 0 Å². The van der Waals surface area contributed by atoms with Crippen molar-refractivity contribution < 1.29 is 0 Å². The molecule has 0 saturated heterocycles. The van der Waals surface area contributed by atoms with Gasteiger partial charge in [0, 0.05) is 6.04 Å². The van der Waals surface area contributed by atoms with Gasteiger partial charge in [-0.2, -0.15) is 0 Å². The topological polar surface area (TPSA) is 26.0 Å². The Labute approximate surface area is 96.8 Å². The van der Waals surface area contributed by atoms with E-state index in [2.05, 4.69) is 34.6 Å². The number of hydrogen-bond acceptors (Lipinski definition) is 1. The Bertz CT molecular complexity index is 146. The lowest BCUT2D eigenvalue weighted by atomic mass is 9.78. The normalized spacial score (nSPS) is 16.4. The third-order valence-electron chi connectivity index (χ3n) is 3.56. The van der Waals surface area contributed by atoms with Crippen molar-refractivity contribution in [3.05, 3.63) is 0 Å². The summed E-state index contributed by atoms with van der Waals surface area (Å²) < 4.78 is 0. The fraction of sp³-hybridized carbons (Fsp3) is 1.00. The van der Waals surface area contributed by atoms with Crippen LogP contribution in [-0.4, -0.2) is 6.04 Å². The minimum atomic E-state index is 0.404. The van der Waals surface area contributed by atoms with Crippen molar-refractivity contribution in [1.29, 1.82) is 0 Å². The summed E-state index contributed by atoms with van der Waals surface area (Å²) in [4.78, 5) is 0. The van der Waals surface area contributed by atoms with Gasteiger partial charge < -0.3 is 5.73 Å². The molecule has 2 unspecified atom stereocenters. The number of nitrogens with two attached hydrogens (primary N) is 1. The van der Waals surface area contributed by atoms with Crippen LogP contribution in [0.5, 0.6) is 0 Å². The lowest BCUT2D eigenvalue weighted by molar-refractivity contribution is 0.229. The van der Waals surface area contributed by atoms with Gasteiger partial charge in [-0.15, -0.1) is 0 Å². The van der Waals surface area contributed by atoms with E-state index >= 15 is 0 Å². The first-order valence-corrected chi connectivity index (χ1v) is 6.63. The van der Waals surface area contributed by atoms with Crippen LogP contribution in [0.2, 0.25) is 0 Å². The first-order chi connectivity index (χ1) is 6.88. The van der Waals surface area contributed by atoms with Gasteiger partial charge in [0.05, 0.1) is 0 Å². The summed E-state index contributed by atoms with van der Waals surface area (Å²) in [5.41, 5.74) is 6.56. The zero-order chi connectivity index (χ0) is 11.9. The molecule has 1 heteroatoms. The van der Waals surface area contributed by atoms with Gasteiger partial charge in [0.25, 0.3) is 0 Å². The van der Waals surface area contributed by atoms with E-state index in [0.29, 0.717) is 11.5 Å². The van der Waals surface area contributed by atoms with Gasteiger partial charge in [0.1, 0.15) is 0 Å².